The van der Waals surface area contributed by atoms with Gasteiger partial charge in [-0.3, -0.25) is 0 Å². The van der Waals surface area contributed by atoms with Gasteiger partial charge >= 0.3 is 7.12 Å². The van der Waals surface area contributed by atoms with Gasteiger partial charge in [0.2, 0.25) is 0 Å². The van der Waals surface area contributed by atoms with Crippen LogP contribution < -0.4 is 5.46 Å². The van der Waals surface area contributed by atoms with E-state index in [0.717, 1.165) is 16.2 Å². The molecule has 0 bridgehead atoms. The second-order valence-electron chi connectivity index (χ2n) is 12.0. The predicted octanol–water partition coefficient (Wildman–Crippen LogP) is 9.29. The summed E-state index contributed by atoms with van der Waals surface area (Å²) in [6, 6.07) is 45.7. The van der Waals surface area contributed by atoms with Gasteiger partial charge in [0.15, 0.2) is 0 Å². The number of hydrogen-bond acceptors (Lipinski definition) is 2. The van der Waals surface area contributed by atoms with Gasteiger partial charge in [-0.15, -0.1) is 0 Å². The third-order valence-corrected chi connectivity index (χ3v) is 8.90. The molecule has 0 radical (unpaired) electrons. The first-order valence-corrected chi connectivity index (χ1v) is 14.4. The Labute approximate surface area is 242 Å². The Kier molecular flexibility index (Phi) is 6.12. The first kappa shape index (κ1) is 25.8. The van der Waals surface area contributed by atoms with Gasteiger partial charge in [0, 0.05) is 0 Å². The van der Waals surface area contributed by atoms with Crippen molar-refractivity contribution in [3.8, 4) is 33.4 Å². The molecule has 2 nitrogen and oxygen atoms in total. The summed E-state index contributed by atoms with van der Waals surface area (Å²) in [6.45, 7) is 8.47. The van der Waals surface area contributed by atoms with E-state index < -0.39 is 18.3 Å². The fourth-order valence-corrected chi connectivity index (χ4v) is 6.05. The van der Waals surface area contributed by atoms with Crippen molar-refractivity contribution in [3.05, 3.63) is 127 Å². The zero-order chi connectivity index (χ0) is 28.2. The molecule has 0 amide bonds. The minimum Gasteiger partial charge on any atom is -0.399 e. The first-order valence-electron chi connectivity index (χ1n) is 14.4. The summed E-state index contributed by atoms with van der Waals surface area (Å²) in [5.74, 6) is 0. The van der Waals surface area contributed by atoms with Gasteiger partial charge in [0.05, 0.1) is 11.2 Å². The van der Waals surface area contributed by atoms with E-state index in [0.29, 0.717) is 0 Å². The lowest BCUT2D eigenvalue weighted by Gasteiger charge is -2.32. The van der Waals surface area contributed by atoms with Crippen LogP contribution in [-0.4, -0.2) is 18.3 Å². The maximum absolute atomic E-state index is 6.64. The highest BCUT2D eigenvalue weighted by molar-refractivity contribution is 6.69. The fourth-order valence-electron chi connectivity index (χ4n) is 6.05. The molecule has 0 spiro atoms. The van der Waals surface area contributed by atoms with E-state index in [2.05, 4.69) is 155 Å². The van der Waals surface area contributed by atoms with Crippen LogP contribution in [0.1, 0.15) is 27.7 Å². The predicted molar refractivity (Wildman–Crippen MR) is 173 cm³/mol. The molecular weight excluding hydrogens is 499 g/mol. The number of rotatable bonds is 4. The lowest BCUT2D eigenvalue weighted by atomic mass is 9.71. The molecule has 200 valence electrons. The molecule has 0 atom stereocenters. The van der Waals surface area contributed by atoms with Crippen molar-refractivity contribution in [1.82, 2.24) is 0 Å². The molecule has 1 fully saturated rings. The Bertz CT molecular complexity index is 1760. The summed E-state index contributed by atoms with van der Waals surface area (Å²) in [5.41, 5.74) is 7.48. The number of benzene rings is 6. The first-order chi connectivity index (χ1) is 19.8. The molecule has 0 N–H and O–H groups in total. The molecule has 1 aliphatic heterocycles. The smallest absolute Gasteiger partial charge is 0.399 e. The van der Waals surface area contributed by atoms with E-state index in [-0.39, 0.29) is 0 Å². The Hall–Kier alpha value is -4.18. The third-order valence-electron chi connectivity index (χ3n) is 8.90. The molecule has 41 heavy (non-hydrogen) atoms. The van der Waals surface area contributed by atoms with E-state index in [9.17, 15) is 0 Å². The molecule has 7 rings (SSSR count). The average molecular weight is 532 g/mol. The van der Waals surface area contributed by atoms with Crippen LogP contribution in [0.15, 0.2) is 127 Å². The van der Waals surface area contributed by atoms with Gasteiger partial charge < -0.3 is 9.31 Å². The second kappa shape index (κ2) is 9.73. The van der Waals surface area contributed by atoms with E-state index in [1.54, 1.807) is 0 Å². The maximum Gasteiger partial charge on any atom is 0.496 e. The van der Waals surface area contributed by atoms with Crippen LogP contribution in [0.2, 0.25) is 0 Å². The van der Waals surface area contributed by atoms with Gasteiger partial charge in [0.1, 0.15) is 0 Å². The highest BCUT2D eigenvalue weighted by Crippen LogP contribution is 2.42. The highest BCUT2D eigenvalue weighted by Gasteiger charge is 2.52. The lowest BCUT2D eigenvalue weighted by Crippen LogP contribution is -2.41. The van der Waals surface area contributed by atoms with Crippen LogP contribution in [0.25, 0.3) is 54.9 Å². The van der Waals surface area contributed by atoms with Crippen LogP contribution in [0, 0.1) is 0 Å². The largest absolute Gasteiger partial charge is 0.496 e. The van der Waals surface area contributed by atoms with Crippen molar-refractivity contribution >= 4 is 34.1 Å². The second-order valence-corrected chi connectivity index (χ2v) is 12.0. The summed E-state index contributed by atoms with van der Waals surface area (Å²) in [4.78, 5) is 0. The van der Waals surface area contributed by atoms with Crippen LogP contribution in [-0.2, 0) is 9.31 Å². The van der Waals surface area contributed by atoms with Crippen LogP contribution in [0.4, 0.5) is 0 Å². The molecule has 0 unspecified atom stereocenters. The Morgan fingerprint density at radius 1 is 0.415 bits per heavy atom. The van der Waals surface area contributed by atoms with Gasteiger partial charge in [-0.05, 0) is 106 Å². The molecule has 1 saturated heterocycles. The van der Waals surface area contributed by atoms with Gasteiger partial charge in [0.25, 0.3) is 0 Å². The molecular formula is C38H33BO2. The molecule has 0 saturated carbocycles. The lowest BCUT2D eigenvalue weighted by molar-refractivity contribution is 0.00578. The zero-order valence-corrected chi connectivity index (χ0v) is 24.0. The van der Waals surface area contributed by atoms with Crippen molar-refractivity contribution in [2.24, 2.45) is 0 Å². The summed E-state index contributed by atoms with van der Waals surface area (Å²) in [5, 5.41) is 4.71. The Morgan fingerprint density at radius 2 is 0.780 bits per heavy atom. The minimum atomic E-state index is -0.459. The van der Waals surface area contributed by atoms with E-state index in [1.807, 2.05) is 0 Å². The van der Waals surface area contributed by atoms with Gasteiger partial charge in [-0.2, -0.15) is 0 Å². The van der Waals surface area contributed by atoms with Crippen molar-refractivity contribution in [2.45, 2.75) is 38.9 Å². The fraction of sp³-hybridized carbons (Fsp3) is 0.158. The molecule has 3 heteroatoms. The van der Waals surface area contributed by atoms with E-state index >= 15 is 0 Å². The van der Waals surface area contributed by atoms with Crippen LogP contribution in [0.5, 0.6) is 0 Å². The maximum atomic E-state index is 6.64. The summed E-state index contributed by atoms with van der Waals surface area (Å²) < 4.78 is 13.3. The molecule has 1 heterocycles. The van der Waals surface area contributed by atoms with Crippen molar-refractivity contribution in [2.75, 3.05) is 0 Å². The van der Waals surface area contributed by atoms with Crippen molar-refractivity contribution in [3.63, 3.8) is 0 Å². The molecule has 1 aliphatic rings. The van der Waals surface area contributed by atoms with Gasteiger partial charge in [-0.25, -0.2) is 0 Å². The summed E-state index contributed by atoms with van der Waals surface area (Å²) in [6.07, 6.45) is 0. The normalized spacial score (nSPS) is 16.0. The van der Waals surface area contributed by atoms with Crippen molar-refractivity contribution in [1.29, 1.82) is 0 Å². The third kappa shape index (κ3) is 4.37. The quantitative estimate of drug-likeness (QED) is 0.166. The molecule has 0 aromatic heterocycles. The monoisotopic (exact) mass is 532 g/mol. The van der Waals surface area contributed by atoms with E-state index in [4.69, 9.17) is 9.31 Å². The van der Waals surface area contributed by atoms with Crippen molar-refractivity contribution < 1.29 is 9.31 Å². The average Bonchev–Trinajstić information content (AvgIpc) is 3.22. The topological polar surface area (TPSA) is 18.5 Å². The highest BCUT2D eigenvalue weighted by atomic mass is 16.7. The molecule has 6 aromatic rings. The van der Waals surface area contributed by atoms with Crippen LogP contribution >= 0.6 is 0 Å². The standard InChI is InChI=1S/C38H33BO2/c1-37(2)38(3,4)41-39(40-37)36-33-21-13-11-19-31(33)35(32-20-12-14-22-34(32)36)30-24-28(26-15-7-5-8-16-26)23-29(25-30)27-17-9-6-10-18-27/h5-25H,1-4H3. The number of fused-ring (bicyclic) bond motifs is 2. The summed E-state index contributed by atoms with van der Waals surface area (Å²) in [7, 11) is -0.459. The minimum absolute atomic E-state index is 0.423. The van der Waals surface area contributed by atoms with E-state index in [1.165, 1.54) is 44.2 Å². The molecule has 0 aliphatic carbocycles. The van der Waals surface area contributed by atoms with Gasteiger partial charge in [-0.1, -0.05) is 109 Å². The Balaban J connectivity index is 1.54. The molecule has 6 aromatic carbocycles. The SMILES string of the molecule is CC1(C)OB(c2c3ccccc3c(-c3cc(-c4ccccc4)cc(-c4ccccc4)c3)c3ccccc23)OC1(C)C. The van der Waals surface area contributed by atoms with Crippen LogP contribution in [0.3, 0.4) is 0 Å². The number of hydrogen-bond donors (Lipinski definition) is 0. The zero-order valence-electron chi connectivity index (χ0n) is 24.0. The Morgan fingerprint density at radius 3 is 1.22 bits per heavy atom. The summed E-state index contributed by atoms with van der Waals surface area (Å²) >= 11 is 0.